The van der Waals surface area contributed by atoms with Gasteiger partial charge >= 0.3 is 12.0 Å². The van der Waals surface area contributed by atoms with Gasteiger partial charge in [0.1, 0.15) is 17.2 Å². The molecule has 0 aliphatic carbocycles. The van der Waals surface area contributed by atoms with Crippen LogP contribution in [0.3, 0.4) is 0 Å². The van der Waals surface area contributed by atoms with E-state index in [2.05, 4.69) is 5.32 Å². The number of carboxylic acids is 1. The van der Waals surface area contributed by atoms with Crippen LogP contribution >= 0.6 is 11.6 Å². The second kappa shape index (κ2) is 6.45. The highest BCUT2D eigenvalue weighted by Crippen LogP contribution is 2.28. The number of likely N-dealkylation sites (N-methyl/N-ethyl adjacent to an activating group) is 1. The van der Waals surface area contributed by atoms with E-state index in [1.807, 2.05) is 0 Å². The second-order valence-corrected chi connectivity index (χ2v) is 5.65. The molecule has 128 valence electrons. The van der Waals surface area contributed by atoms with Crippen molar-refractivity contribution in [2.75, 3.05) is 6.54 Å². The highest BCUT2D eigenvalue weighted by Gasteiger charge is 2.32. The van der Waals surface area contributed by atoms with Crippen molar-refractivity contribution in [2.45, 2.75) is 6.92 Å². The zero-order valence-corrected chi connectivity index (χ0v) is 13.8. The Kier molecular flexibility index (Phi) is 4.33. The van der Waals surface area contributed by atoms with Gasteiger partial charge in [-0.1, -0.05) is 11.6 Å². The number of benzene rings is 1. The fourth-order valence-corrected chi connectivity index (χ4v) is 2.63. The molecule has 2 N–H and O–H groups in total. The molecule has 2 aromatic rings. The maximum Gasteiger partial charge on any atom is 0.337 e. The summed E-state index contributed by atoms with van der Waals surface area (Å²) in [5.74, 6) is -0.802. The molecule has 0 atom stereocenters. The Morgan fingerprint density at radius 3 is 2.72 bits per heavy atom. The minimum absolute atomic E-state index is 0.0349. The van der Waals surface area contributed by atoms with E-state index in [9.17, 15) is 14.4 Å². The van der Waals surface area contributed by atoms with E-state index >= 15 is 0 Å². The summed E-state index contributed by atoms with van der Waals surface area (Å²) in [5, 5.41) is 11.7. The molecule has 3 amide bonds. The summed E-state index contributed by atoms with van der Waals surface area (Å²) in [7, 11) is 0. The third kappa shape index (κ3) is 3.14. The zero-order chi connectivity index (χ0) is 18.1. The first kappa shape index (κ1) is 16.8. The molecule has 3 rings (SSSR count). The van der Waals surface area contributed by atoms with E-state index in [4.69, 9.17) is 21.1 Å². The summed E-state index contributed by atoms with van der Waals surface area (Å²) in [6.45, 7) is 1.97. The van der Waals surface area contributed by atoms with Crippen LogP contribution in [0.2, 0.25) is 5.02 Å². The van der Waals surface area contributed by atoms with E-state index in [0.29, 0.717) is 17.1 Å². The summed E-state index contributed by atoms with van der Waals surface area (Å²) in [4.78, 5) is 35.9. The van der Waals surface area contributed by atoms with Crippen LogP contribution in [0.1, 0.15) is 23.0 Å². The molecule has 1 aromatic heterocycles. The van der Waals surface area contributed by atoms with Gasteiger partial charge in [-0.2, -0.15) is 0 Å². The van der Waals surface area contributed by atoms with E-state index in [0.717, 1.165) is 4.90 Å². The predicted octanol–water partition coefficient (Wildman–Crippen LogP) is 3.21. The molecule has 0 radical (unpaired) electrons. The third-order valence-corrected chi connectivity index (χ3v) is 4.00. The number of halogens is 1. The highest BCUT2D eigenvalue weighted by molar-refractivity contribution is 6.33. The molecule has 0 unspecified atom stereocenters. The second-order valence-electron chi connectivity index (χ2n) is 5.24. The summed E-state index contributed by atoms with van der Waals surface area (Å²) in [6, 6.07) is 7.29. The average Bonchev–Trinajstić information content (AvgIpc) is 3.13. The number of aromatic carboxylic acids is 1. The first-order valence-electron chi connectivity index (χ1n) is 7.38. The number of hydrogen-bond donors (Lipinski definition) is 2. The Morgan fingerprint density at radius 2 is 2.08 bits per heavy atom. The number of rotatable bonds is 4. The molecule has 1 aliphatic heterocycles. The molecular weight excluding hydrogens is 348 g/mol. The van der Waals surface area contributed by atoms with Crippen molar-refractivity contribution in [1.29, 1.82) is 0 Å². The molecule has 0 spiro atoms. The number of nitrogens with one attached hydrogen (secondary N) is 1. The van der Waals surface area contributed by atoms with Gasteiger partial charge in [0.25, 0.3) is 5.91 Å². The lowest BCUT2D eigenvalue weighted by Gasteiger charge is -2.05. The molecule has 25 heavy (non-hydrogen) atoms. The number of nitrogens with zero attached hydrogens (tertiary/aromatic N) is 1. The topological polar surface area (TPSA) is 99.8 Å². The molecule has 1 fully saturated rings. The quantitative estimate of drug-likeness (QED) is 0.644. The predicted molar refractivity (Wildman–Crippen MR) is 90.0 cm³/mol. The summed E-state index contributed by atoms with van der Waals surface area (Å²) in [6.07, 6.45) is 1.42. The Morgan fingerprint density at radius 1 is 1.32 bits per heavy atom. The molecule has 1 saturated heterocycles. The number of carbonyl (C=O) groups is 3. The van der Waals surface area contributed by atoms with Gasteiger partial charge < -0.3 is 14.8 Å². The smallest absolute Gasteiger partial charge is 0.337 e. The first-order chi connectivity index (χ1) is 11.9. The maximum atomic E-state index is 12.0. The Hall–Kier alpha value is -3.06. The van der Waals surface area contributed by atoms with Gasteiger partial charge in [-0.15, -0.1) is 0 Å². The fourth-order valence-electron chi connectivity index (χ4n) is 2.43. The van der Waals surface area contributed by atoms with Gasteiger partial charge in [0.05, 0.1) is 10.6 Å². The SMILES string of the molecule is CCN1C(=O)N/C(=C\c2ccc(-c3ccc(Cl)c(C(=O)O)c3)o2)C1=O. The number of carbonyl (C=O) groups excluding carboxylic acids is 2. The number of furan rings is 1. The summed E-state index contributed by atoms with van der Waals surface area (Å²) < 4.78 is 5.62. The molecule has 7 nitrogen and oxygen atoms in total. The maximum absolute atomic E-state index is 12.0. The van der Waals surface area contributed by atoms with Crippen molar-refractivity contribution < 1.29 is 23.9 Å². The number of carboxylic acid groups (broad SMARTS) is 1. The van der Waals surface area contributed by atoms with Crippen molar-refractivity contribution in [3.8, 4) is 11.3 Å². The number of hydrogen-bond acceptors (Lipinski definition) is 4. The lowest BCUT2D eigenvalue weighted by Crippen LogP contribution is -2.30. The van der Waals surface area contributed by atoms with Gasteiger partial charge in [-0.05, 0) is 37.3 Å². The number of amides is 3. The minimum Gasteiger partial charge on any atom is -0.478 e. The normalized spacial score (nSPS) is 15.8. The van der Waals surface area contributed by atoms with Crippen LogP contribution < -0.4 is 5.32 Å². The summed E-state index contributed by atoms with van der Waals surface area (Å²) in [5.41, 5.74) is 0.616. The van der Waals surface area contributed by atoms with E-state index < -0.39 is 17.9 Å². The molecule has 1 aliphatic rings. The van der Waals surface area contributed by atoms with E-state index in [1.165, 1.54) is 18.2 Å². The van der Waals surface area contributed by atoms with Gasteiger partial charge in [-0.3, -0.25) is 9.69 Å². The lowest BCUT2D eigenvalue weighted by molar-refractivity contribution is -0.122. The van der Waals surface area contributed by atoms with Crippen LogP contribution in [-0.4, -0.2) is 34.5 Å². The largest absolute Gasteiger partial charge is 0.478 e. The van der Waals surface area contributed by atoms with Crippen molar-refractivity contribution in [3.05, 3.63) is 52.4 Å². The minimum atomic E-state index is -1.14. The monoisotopic (exact) mass is 360 g/mol. The number of urea groups is 1. The van der Waals surface area contributed by atoms with Crippen LogP contribution in [0, 0.1) is 0 Å². The molecule has 2 heterocycles. The Balaban J connectivity index is 1.90. The Labute approximate surface area is 147 Å². The van der Waals surface area contributed by atoms with Crippen molar-refractivity contribution in [2.24, 2.45) is 0 Å². The summed E-state index contributed by atoms with van der Waals surface area (Å²) >= 11 is 5.85. The number of imide groups is 1. The lowest BCUT2D eigenvalue weighted by atomic mass is 10.1. The standard InChI is InChI=1S/C17H13ClN2O5/c1-2-20-15(21)13(19-17(20)24)8-10-4-6-14(25-10)9-3-5-12(18)11(7-9)16(22)23/h3-8H,2H2,1H3,(H,19,24)(H,22,23)/b13-8-. The van der Waals surface area contributed by atoms with Gasteiger partial charge in [0.2, 0.25) is 0 Å². The first-order valence-corrected chi connectivity index (χ1v) is 7.76. The Bertz CT molecular complexity index is 916. The third-order valence-electron chi connectivity index (χ3n) is 3.67. The zero-order valence-electron chi connectivity index (χ0n) is 13.1. The van der Waals surface area contributed by atoms with E-state index in [1.54, 1.807) is 25.1 Å². The van der Waals surface area contributed by atoms with Gasteiger partial charge in [0.15, 0.2) is 0 Å². The van der Waals surface area contributed by atoms with Crippen LogP contribution in [0.4, 0.5) is 4.79 Å². The van der Waals surface area contributed by atoms with Crippen molar-refractivity contribution in [3.63, 3.8) is 0 Å². The molecule has 0 saturated carbocycles. The highest BCUT2D eigenvalue weighted by atomic mass is 35.5. The fraction of sp³-hybridized carbons (Fsp3) is 0.118. The van der Waals surface area contributed by atoms with Crippen LogP contribution in [-0.2, 0) is 4.79 Å². The molecular formula is C17H13ClN2O5. The van der Waals surface area contributed by atoms with Gasteiger partial charge in [0, 0.05) is 18.2 Å². The molecule has 0 bridgehead atoms. The van der Waals surface area contributed by atoms with Crippen molar-refractivity contribution in [1.82, 2.24) is 10.2 Å². The van der Waals surface area contributed by atoms with Crippen molar-refractivity contribution >= 4 is 35.6 Å². The van der Waals surface area contributed by atoms with Crippen LogP contribution in [0.25, 0.3) is 17.4 Å². The molecule has 8 heteroatoms. The average molecular weight is 361 g/mol. The van der Waals surface area contributed by atoms with Crippen LogP contribution in [0.15, 0.2) is 40.4 Å². The van der Waals surface area contributed by atoms with Crippen LogP contribution in [0.5, 0.6) is 0 Å². The molecule has 1 aromatic carbocycles. The van der Waals surface area contributed by atoms with Gasteiger partial charge in [-0.25, -0.2) is 9.59 Å². The van der Waals surface area contributed by atoms with E-state index in [-0.39, 0.29) is 22.8 Å².